The van der Waals surface area contributed by atoms with Crippen LogP contribution >= 0.6 is 0 Å². The fourth-order valence-corrected chi connectivity index (χ4v) is 2.75. The second-order valence-electron chi connectivity index (χ2n) is 5.74. The van der Waals surface area contributed by atoms with Gasteiger partial charge >= 0.3 is 5.69 Å². The minimum Gasteiger partial charge on any atom is -0.493 e. The molecule has 9 heteroatoms. The molecule has 0 aliphatic carbocycles. The highest BCUT2D eigenvalue weighted by molar-refractivity contribution is 6.31. The molecular formula is C19H17N3O6. The maximum absolute atomic E-state index is 12.6. The number of amides is 2. The predicted octanol–water partition coefficient (Wildman–Crippen LogP) is 2.46. The summed E-state index contributed by atoms with van der Waals surface area (Å²) in [6.07, 6.45) is 1.28. The van der Waals surface area contributed by atoms with Crippen LogP contribution in [0.5, 0.6) is 11.5 Å². The van der Waals surface area contributed by atoms with Crippen LogP contribution in [0.3, 0.4) is 0 Å². The molecule has 0 atom stereocenters. The number of para-hydroxylation sites is 1. The first kappa shape index (κ1) is 18.9. The van der Waals surface area contributed by atoms with E-state index >= 15 is 0 Å². The number of benzene rings is 2. The average molecular weight is 383 g/mol. The van der Waals surface area contributed by atoms with E-state index < -0.39 is 16.7 Å². The Kier molecular flexibility index (Phi) is 5.25. The number of anilines is 1. The summed E-state index contributed by atoms with van der Waals surface area (Å²) in [6.45, 7) is 1.91. The monoisotopic (exact) mass is 383 g/mol. The highest BCUT2D eigenvalue weighted by Gasteiger charge is 2.34. The molecular weight excluding hydrogens is 366 g/mol. The summed E-state index contributed by atoms with van der Waals surface area (Å²) in [4.78, 5) is 35.7. The van der Waals surface area contributed by atoms with E-state index in [2.05, 4.69) is 5.43 Å². The van der Waals surface area contributed by atoms with Crippen LogP contribution in [0.25, 0.3) is 6.08 Å². The number of hydrogen-bond acceptors (Lipinski definition) is 6. The molecule has 0 saturated carbocycles. The van der Waals surface area contributed by atoms with E-state index in [1.54, 1.807) is 37.3 Å². The summed E-state index contributed by atoms with van der Waals surface area (Å²) in [5, 5.41) is 12.5. The van der Waals surface area contributed by atoms with E-state index in [1.165, 1.54) is 25.3 Å². The molecule has 0 unspecified atom stereocenters. The third-order valence-corrected chi connectivity index (χ3v) is 3.98. The second kappa shape index (κ2) is 7.78. The lowest BCUT2D eigenvalue weighted by Gasteiger charge is -2.14. The molecule has 0 spiro atoms. The Morgan fingerprint density at radius 2 is 1.93 bits per heavy atom. The van der Waals surface area contributed by atoms with Crippen LogP contribution < -0.4 is 19.9 Å². The van der Waals surface area contributed by atoms with Gasteiger partial charge in [0, 0.05) is 6.07 Å². The van der Waals surface area contributed by atoms with Crippen molar-refractivity contribution in [2.45, 2.75) is 6.92 Å². The summed E-state index contributed by atoms with van der Waals surface area (Å²) in [7, 11) is 1.35. The molecule has 0 aromatic heterocycles. The largest absolute Gasteiger partial charge is 0.493 e. The Morgan fingerprint density at radius 3 is 2.54 bits per heavy atom. The first-order valence-corrected chi connectivity index (χ1v) is 8.37. The number of carbonyl (C=O) groups excluding carboxylic acids is 2. The van der Waals surface area contributed by atoms with E-state index in [4.69, 9.17) is 9.47 Å². The number of nitro benzene ring substituents is 1. The predicted molar refractivity (Wildman–Crippen MR) is 101 cm³/mol. The average Bonchev–Trinajstić information content (AvgIpc) is 2.97. The van der Waals surface area contributed by atoms with Crippen LogP contribution in [0.15, 0.2) is 48.0 Å². The van der Waals surface area contributed by atoms with E-state index in [1.807, 2.05) is 0 Å². The quantitative estimate of drug-likeness (QED) is 0.355. The molecule has 9 nitrogen and oxygen atoms in total. The van der Waals surface area contributed by atoms with E-state index in [9.17, 15) is 19.7 Å². The van der Waals surface area contributed by atoms with Gasteiger partial charge in [-0.05, 0) is 36.8 Å². The van der Waals surface area contributed by atoms with Crippen LogP contribution in [0, 0.1) is 10.1 Å². The maximum atomic E-state index is 12.6. The second-order valence-corrected chi connectivity index (χ2v) is 5.74. The fourth-order valence-electron chi connectivity index (χ4n) is 2.75. The van der Waals surface area contributed by atoms with Crippen molar-refractivity contribution < 1.29 is 24.0 Å². The Bertz CT molecular complexity index is 971. The van der Waals surface area contributed by atoms with Crippen molar-refractivity contribution >= 4 is 29.3 Å². The summed E-state index contributed by atoms with van der Waals surface area (Å²) < 4.78 is 10.5. The Hall–Kier alpha value is -3.88. The molecule has 1 heterocycles. The minimum absolute atomic E-state index is 0.00902. The van der Waals surface area contributed by atoms with Crippen LogP contribution in [-0.4, -0.2) is 30.5 Å². The molecule has 1 aliphatic heterocycles. The third-order valence-electron chi connectivity index (χ3n) is 3.98. The lowest BCUT2D eigenvalue weighted by molar-refractivity contribution is -0.385. The summed E-state index contributed by atoms with van der Waals surface area (Å²) in [5.41, 5.74) is 2.77. The number of nitrogens with one attached hydrogen (secondary N) is 1. The number of nitro groups is 1. The topological polar surface area (TPSA) is 111 Å². The van der Waals surface area contributed by atoms with Gasteiger partial charge < -0.3 is 9.47 Å². The molecule has 2 aromatic carbocycles. The minimum atomic E-state index is -0.609. The van der Waals surface area contributed by atoms with Crippen LogP contribution in [0.4, 0.5) is 11.4 Å². The van der Waals surface area contributed by atoms with Gasteiger partial charge in [0.05, 0.1) is 24.3 Å². The Labute approximate surface area is 160 Å². The van der Waals surface area contributed by atoms with Crippen molar-refractivity contribution in [3.05, 3.63) is 63.7 Å². The standard InChI is InChI=1S/C19H17N3O6/c1-3-28-17-15(22(25)26)10-12(11-16(17)27-2)9-14-18(23)20-21(19(14)24)13-7-5-4-6-8-13/h4-11H,3H2,1-2H3,(H,20,23)/b14-9-. The van der Waals surface area contributed by atoms with Crippen molar-refractivity contribution in [1.29, 1.82) is 0 Å². The molecule has 0 bridgehead atoms. The summed E-state index contributed by atoms with van der Waals surface area (Å²) in [5.74, 6) is -1.05. The fraction of sp³-hybridized carbons (Fsp3) is 0.158. The van der Waals surface area contributed by atoms with E-state index in [0.29, 0.717) is 5.69 Å². The number of hydrazine groups is 1. The van der Waals surface area contributed by atoms with Gasteiger partial charge in [0.2, 0.25) is 5.75 Å². The van der Waals surface area contributed by atoms with E-state index in [-0.39, 0.29) is 34.9 Å². The normalized spacial score (nSPS) is 14.9. The third kappa shape index (κ3) is 3.50. The summed E-state index contributed by atoms with van der Waals surface area (Å²) in [6, 6.07) is 11.3. The van der Waals surface area contributed by atoms with Gasteiger partial charge in [-0.25, -0.2) is 5.01 Å². The van der Waals surface area contributed by atoms with Crippen LogP contribution in [-0.2, 0) is 9.59 Å². The number of nitrogens with zero attached hydrogens (tertiary/aromatic N) is 2. The molecule has 2 amide bonds. The Balaban J connectivity index is 2.03. The number of hydrogen-bond donors (Lipinski definition) is 1. The molecule has 3 rings (SSSR count). The molecule has 1 N–H and O–H groups in total. The van der Waals surface area contributed by atoms with Gasteiger partial charge in [0.25, 0.3) is 11.8 Å². The zero-order valence-corrected chi connectivity index (χ0v) is 15.2. The maximum Gasteiger partial charge on any atom is 0.315 e. The van der Waals surface area contributed by atoms with Crippen molar-refractivity contribution in [2.75, 3.05) is 18.7 Å². The van der Waals surface area contributed by atoms with Gasteiger partial charge in [-0.1, -0.05) is 18.2 Å². The SMILES string of the molecule is CCOc1c(OC)cc(/C=C2/C(=O)NN(c3ccccc3)C2=O)cc1[N+](=O)[O-]. The molecule has 144 valence electrons. The van der Waals surface area contributed by atoms with Crippen molar-refractivity contribution in [1.82, 2.24) is 5.43 Å². The van der Waals surface area contributed by atoms with Crippen molar-refractivity contribution in [3.63, 3.8) is 0 Å². The first-order valence-electron chi connectivity index (χ1n) is 8.37. The summed E-state index contributed by atoms with van der Waals surface area (Å²) >= 11 is 0. The number of rotatable bonds is 6. The highest BCUT2D eigenvalue weighted by Crippen LogP contribution is 2.39. The smallest absolute Gasteiger partial charge is 0.315 e. The van der Waals surface area contributed by atoms with Crippen LogP contribution in [0.1, 0.15) is 12.5 Å². The van der Waals surface area contributed by atoms with Gasteiger partial charge in [0.1, 0.15) is 5.57 Å². The molecule has 1 fully saturated rings. The first-order chi connectivity index (χ1) is 13.5. The van der Waals surface area contributed by atoms with Gasteiger partial charge in [0.15, 0.2) is 5.75 Å². The van der Waals surface area contributed by atoms with Crippen LogP contribution in [0.2, 0.25) is 0 Å². The molecule has 0 radical (unpaired) electrons. The number of methoxy groups -OCH3 is 1. The molecule has 2 aromatic rings. The highest BCUT2D eigenvalue weighted by atomic mass is 16.6. The van der Waals surface area contributed by atoms with Crippen molar-refractivity contribution in [2.24, 2.45) is 0 Å². The van der Waals surface area contributed by atoms with Gasteiger partial charge in [-0.2, -0.15) is 0 Å². The van der Waals surface area contributed by atoms with Crippen molar-refractivity contribution in [3.8, 4) is 11.5 Å². The zero-order valence-electron chi connectivity index (χ0n) is 15.2. The lowest BCUT2D eigenvalue weighted by Crippen LogP contribution is -2.35. The van der Waals surface area contributed by atoms with Gasteiger partial charge in [-0.3, -0.25) is 25.1 Å². The van der Waals surface area contributed by atoms with Gasteiger partial charge in [-0.15, -0.1) is 0 Å². The molecule has 1 saturated heterocycles. The van der Waals surface area contributed by atoms with E-state index in [0.717, 1.165) is 5.01 Å². The molecule has 28 heavy (non-hydrogen) atoms. The number of ether oxygens (including phenoxy) is 2. The molecule has 1 aliphatic rings. The number of carbonyl (C=O) groups is 2. The lowest BCUT2D eigenvalue weighted by atomic mass is 10.1. The Morgan fingerprint density at radius 1 is 1.21 bits per heavy atom. The zero-order chi connectivity index (χ0) is 20.3.